The van der Waals surface area contributed by atoms with Crippen LogP contribution in [0.4, 0.5) is 0 Å². The summed E-state index contributed by atoms with van der Waals surface area (Å²) in [4.78, 5) is 11.5. The number of carbonyl (C=O) groups is 1. The zero-order valence-electron chi connectivity index (χ0n) is 9.80. The van der Waals surface area contributed by atoms with Crippen LogP contribution in [-0.2, 0) is 19.0 Å². The molecule has 4 atom stereocenters. The van der Waals surface area contributed by atoms with Crippen LogP contribution >= 0.6 is 0 Å². The largest absolute Gasteiger partial charge is 0.428 e. The zero-order chi connectivity index (χ0) is 12.5. The van der Waals surface area contributed by atoms with Gasteiger partial charge in [0.05, 0.1) is 6.61 Å². The molecule has 17 heavy (non-hydrogen) atoms. The zero-order valence-corrected chi connectivity index (χ0v) is 9.80. The number of aliphatic hydroxyl groups excluding tert-OH is 1. The minimum absolute atomic E-state index is 0.0875. The summed E-state index contributed by atoms with van der Waals surface area (Å²) in [5.41, 5.74) is 0. The summed E-state index contributed by atoms with van der Waals surface area (Å²) in [6, 6.07) is 0. The van der Waals surface area contributed by atoms with Gasteiger partial charge in [-0.05, 0) is 6.42 Å². The predicted molar refractivity (Wildman–Crippen MR) is 56.1 cm³/mol. The summed E-state index contributed by atoms with van der Waals surface area (Å²) in [5, 5.41) is 19.7. The molecule has 2 N–H and O–H groups in total. The predicted octanol–water partition coefficient (Wildman–Crippen LogP) is -0.433. The summed E-state index contributed by atoms with van der Waals surface area (Å²) in [5.74, 6) is -2.23. The molecule has 0 bridgehead atoms. The van der Waals surface area contributed by atoms with E-state index in [2.05, 4.69) is 0 Å². The van der Waals surface area contributed by atoms with Gasteiger partial charge < -0.3 is 24.4 Å². The number of carbonyl (C=O) groups excluding carboxylic acids is 1. The topological polar surface area (TPSA) is 85.2 Å². The van der Waals surface area contributed by atoms with Crippen LogP contribution in [0.5, 0.6) is 0 Å². The lowest BCUT2D eigenvalue weighted by Gasteiger charge is -2.26. The van der Waals surface area contributed by atoms with Crippen LogP contribution < -0.4 is 0 Å². The second-order valence-corrected chi connectivity index (χ2v) is 4.52. The van der Waals surface area contributed by atoms with E-state index >= 15 is 0 Å². The van der Waals surface area contributed by atoms with Crippen molar-refractivity contribution in [3.05, 3.63) is 0 Å². The van der Waals surface area contributed by atoms with Gasteiger partial charge in [0.1, 0.15) is 18.8 Å². The molecule has 0 aromatic carbocycles. The highest BCUT2D eigenvalue weighted by atomic mass is 16.7. The van der Waals surface area contributed by atoms with E-state index < -0.39 is 30.1 Å². The normalized spacial score (nSPS) is 40.3. The second-order valence-electron chi connectivity index (χ2n) is 4.52. The van der Waals surface area contributed by atoms with Crippen molar-refractivity contribution in [2.45, 2.75) is 50.3 Å². The Labute approximate surface area is 99.5 Å². The number of unbranched alkanes of at least 4 members (excludes halogenated alkanes) is 1. The Kier molecular flexibility index (Phi) is 3.67. The number of ether oxygens (including phenoxy) is 3. The monoisotopic (exact) mass is 246 g/mol. The lowest BCUT2D eigenvalue weighted by molar-refractivity contribution is -0.237. The van der Waals surface area contributed by atoms with E-state index in [1.165, 1.54) is 0 Å². The third-order valence-corrected chi connectivity index (χ3v) is 3.08. The Hall–Kier alpha value is -0.690. The van der Waals surface area contributed by atoms with E-state index in [-0.39, 0.29) is 19.6 Å². The standard InChI is InChI=1S/C11H18O6/c1-2-3-4-8(13)17-11(14)6-16-9-7(12)5-15-10(9)11/h7,9-10,12,14H,2-6H2,1H3/t7-,9-,10+,11+/m1/s1. The lowest BCUT2D eigenvalue weighted by Crippen LogP contribution is -2.47. The van der Waals surface area contributed by atoms with E-state index in [1.54, 1.807) is 0 Å². The van der Waals surface area contributed by atoms with Crippen molar-refractivity contribution in [1.29, 1.82) is 0 Å². The van der Waals surface area contributed by atoms with E-state index in [1.807, 2.05) is 6.92 Å². The van der Waals surface area contributed by atoms with Crippen LogP contribution in [0.3, 0.4) is 0 Å². The number of hydrogen-bond donors (Lipinski definition) is 2. The minimum atomic E-state index is -1.76. The van der Waals surface area contributed by atoms with Gasteiger partial charge in [0.15, 0.2) is 6.10 Å². The van der Waals surface area contributed by atoms with Gasteiger partial charge >= 0.3 is 5.97 Å². The number of rotatable bonds is 4. The van der Waals surface area contributed by atoms with E-state index in [0.717, 1.165) is 6.42 Å². The van der Waals surface area contributed by atoms with Crippen molar-refractivity contribution in [2.24, 2.45) is 0 Å². The summed E-state index contributed by atoms with van der Waals surface area (Å²) < 4.78 is 15.4. The minimum Gasteiger partial charge on any atom is -0.428 e. The molecule has 0 saturated carbocycles. The summed E-state index contributed by atoms with van der Waals surface area (Å²) in [7, 11) is 0. The molecule has 6 heteroatoms. The van der Waals surface area contributed by atoms with Crippen molar-refractivity contribution in [1.82, 2.24) is 0 Å². The first kappa shape index (κ1) is 12.8. The molecule has 0 spiro atoms. The Morgan fingerprint density at radius 1 is 1.53 bits per heavy atom. The van der Waals surface area contributed by atoms with Gasteiger partial charge in [0.25, 0.3) is 5.79 Å². The first-order valence-corrected chi connectivity index (χ1v) is 5.92. The molecule has 2 rings (SSSR count). The Morgan fingerprint density at radius 2 is 2.29 bits per heavy atom. The van der Waals surface area contributed by atoms with Crippen molar-refractivity contribution >= 4 is 5.97 Å². The molecule has 0 amide bonds. The molecule has 2 saturated heterocycles. The molecule has 2 heterocycles. The van der Waals surface area contributed by atoms with Crippen LogP contribution in [0, 0.1) is 0 Å². The average Bonchev–Trinajstić information content (AvgIpc) is 2.80. The van der Waals surface area contributed by atoms with Crippen LogP contribution in [-0.4, -0.2) is 53.5 Å². The highest BCUT2D eigenvalue weighted by molar-refractivity contribution is 5.69. The highest BCUT2D eigenvalue weighted by Crippen LogP contribution is 2.35. The number of aliphatic hydroxyl groups is 2. The van der Waals surface area contributed by atoms with Crippen molar-refractivity contribution in [3.63, 3.8) is 0 Å². The van der Waals surface area contributed by atoms with Gasteiger partial charge in [0, 0.05) is 6.42 Å². The average molecular weight is 246 g/mol. The van der Waals surface area contributed by atoms with Gasteiger partial charge in [-0.2, -0.15) is 0 Å². The summed E-state index contributed by atoms with van der Waals surface area (Å²) in [6.07, 6.45) is -0.317. The molecule has 0 unspecified atom stereocenters. The maximum absolute atomic E-state index is 11.5. The molecule has 6 nitrogen and oxygen atoms in total. The molecule has 2 fully saturated rings. The molecule has 0 aliphatic carbocycles. The molecule has 2 aliphatic rings. The van der Waals surface area contributed by atoms with Crippen molar-refractivity contribution in [2.75, 3.05) is 13.2 Å². The van der Waals surface area contributed by atoms with Crippen LogP contribution in [0.1, 0.15) is 26.2 Å². The first-order valence-electron chi connectivity index (χ1n) is 5.92. The van der Waals surface area contributed by atoms with Crippen molar-refractivity contribution < 1.29 is 29.2 Å². The maximum atomic E-state index is 11.5. The fraction of sp³-hybridized carbons (Fsp3) is 0.909. The Balaban J connectivity index is 1.93. The second kappa shape index (κ2) is 4.89. The van der Waals surface area contributed by atoms with E-state index in [9.17, 15) is 15.0 Å². The fourth-order valence-electron chi connectivity index (χ4n) is 2.13. The molecule has 2 aliphatic heterocycles. The molecule has 0 aromatic heterocycles. The molecule has 0 aromatic rings. The summed E-state index contributed by atoms with van der Waals surface area (Å²) in [6.45, 7) is 1.90. The highest BCUT2D eigenvalue weighted by Gasteiger charge is 2.58. The fourth-order valence-corrected chi connectivity index (χ4v) is 2.13. The van der Waals surface area contributed by atoms with Gasteiger partial charge in [-0.1, -0.05) is 13.3 Å². The van der Waals surface area contributed by atoms with Crippen molar-refractivity contribution in [3.8, 4) is 0 Å². The Morgan fingerprint density at radius 3 is 3.00 bits per heavy atom. The Bertz CT molecular complexity index is 294. The van der Waals surface area contributed by atoms with Crippen LogP contribution in [0.15, 0.2) is 0 Å². The molecule has 98 valence electrons. The third kappa shape index (κ3) is 2.44. The van der Waals surface area contributed by atoms with Gasteiger partial charge in [-0.15, -0.1) is 0 Å². The first-order chi connectivity index (χ1) is 8.07. The molecular weight excluding hydrogens is 228 g/mol. The van der Waals surface area contributed by atoms with Gasteiger partial charge in [-0.25, -0.2) is 0 Å². The lowest BCUT2D eigenvalue weighted by atomic mass is 10.1. The third-order valence-electron chi connectivity index (χ3n) is 3.08. The number of hydrogen-bond acceptors (Lipinski definition) is 6. The summed E-state index contributed by atoms with van der Waals surface area (Å²) >= 11 is 0. The number of fused-ring (bicyclic) bond motifs is 1. The van der Waals surface area contributed by atoms with Gasteiger partial charge in [0.2, 0.25) is 0 Å². The van der Waals surface area contributed by atoms with E-state index in [0.29, 0.717) is 6.42 Å². The SMILES string of the molecule is CCCCC(=O)O[C@@]1(O)CO[C@@H]2[C@H](O)CO[C@@H]21. The van der Waals surface area contributed by atoms with E-state index in [4.69, 9.17) is 14.2 Å². The smallest absolute Gasteiger partial charge is 0.308 e. The van der Waals surface area contributed by atoms with Crippen LogP contribution in [0.2, 0.25) is 0 Å². The molecular formula is C11H18O6. The molecule has 0 radical (unpaired) electrons. The maximum Gasteiger partial charge on any atom is 0.308 e. The quantitative estimate of drug-likeness (QED) is 0.517. The van der Waals surface area contributed by atoms with Gasteiger partial charge in [-0.3, -0.25) is 4.79 Å². The van der Waals surface area contributed by atoms with Crippen LogP contribution in [0.25, 0.3) is 0 Å². The number of esters is 1.